The van der Waals surface area contributed by atoms with E-state index >= 15 is 0 Å². The molecule has 0 bridgehead atoms. The van der Waals surface area contributed by atoms with E-state index < -0.39 is 10.0 Å². The first-order chi connectivity index (χ1) is 10.9. The largest absolute Gasteiger partial charge is 0.339 e. The van der Waals surface area contributed by atoms with Crippen molar-refractivity contribution in [3.05, 3.63) is 23.1 Å². The minimum atomic E-state index is -3.51. The molecule has 2 aromatic heterocycles. The van der Waals surface area contributed by atoms with Gasteiger partial charge in [0.05, 0.1) is 6.33 Å². The van der Waals surface area contributed by atoms with Crippen LogP contribution in [0.4, 0.5) is 0 Å². The van der Waals surface area contributed by atoms with E-state index in [0.717, 1.165) is 25.2 Å². The fourth-order valence-electron chi connectivity index (χ4n) is 2.96. The highest BCUT2D eigenvalue weighted by atomic mass is 32.2. The van der Waals surface area contributed by atoms with Crippen LogP contribution in [-0.4, -0.2) is 50.1 Å². The summed E-state index contributed by atoms with van der Waals surface area (Å²) < 4.78 is 30.9. The molecule has 23 heavy (non-hydrogen) atoms. The number of H-pyrrole nitrogens is 1. The molecule has 0 atom stereocenters. The van der Waals surface area contributed by atoms with E-state index in [1.807, 2.05) is 11.5 Å². The molecule has 2 aromatic rings. The van der Waals surface area contributed by atoms with Crippen molar-refractivity contribution in [2.75, 3.05) is 13.1 Å². The second kappa shape index (κ2) is 6.17. The van der Waals surface area contributed by atoms with Crippen LogP contribution < -0.4 is 0 Å². The van der Waals surface area contributed by atoms with Crippen LogP contribution in [0.25, 0.3) is 0 Å². The standard InChI is InChI=1S/C13H20N6O2S2/c1-3-19-12(15-16-13(19)22)10-4-6-18(7-5-10)23(20,21)11-8-17(2)9-14-11/h8-10H,3-7H2,1-2H3,(H,16,22). The average Bonchev–Trinajstić information content (AvgIpc) is 3.13. The molecule has 1 aliphatic rings. The third-order valence-corrected chi connectivity index (χ3v) is 6.30. The monoisotopic (exact) mass is 356 g/mol. The molecule has 1 N–H and O–H groups in total. The van der Waals surface area contributed by atoms with Gasteiger partial charge < -0.3 is 9.13 Å². The highest BCUT2D eigenvalue weighted by Crippen LogP contribution is 2.29. The lowest BCUT2D eigenvalue weighted by Gasteiger charge is -2.30. The molecule has 1 fully saturated rings. The van der Waals surface area contributed by atoms with Crippen LogP contribution in [0.5, 0.6) is 0 Å². The lowest BCUT2D eigenvalue weighted by Crippen LogP contribution is -2.38. The zero-order chi connectivity index (χ0) is 16.6. The Balaban J connectivity index is 1.74. The Morgan fingerprint density at radius 1 is 1.39 bits per heavy atom. The van der Waals surface area contributed by atoms with Gasteiger partial charge in [-0.25, -0.2) is 13.4 Å². The quantitative estimate of drug-likeness (QED) is 0.833. The van der Waals surface area contributed by atoms with Crippen LogP contribution >= 0.6 is 12.2 Å². The van der Waals surface area contributed by atoms with Crippen LogP contribution in [0, 0.1) is 4.77 Å². The molecule has 0 radical (unpaired) electrons. The number of aromatic nitrogens is 5. The van der Waals surface area contributed by atoms with E-state index in [2.05, 4.69) is 15.2 Å². The summed E-state index contributed by atoms with van der Waals surface area (Å²) in [5.41, 5.74) is 0. The normalized spacial score (nSPS) is 17.7. The predicted molar refractivity (Wildman–Crippen MR) is 87.0 cm³/mol. The lowest BCUT2D eigenvalue weighted by atomic mass is 9.97. The van der Waals surface area contributed by atoms with Gasteiger partial charge in [0.25, 0.3) is 10.0 Å². The first kappa shape index (κ1) is 16.3. The first-order valence-electron chi connectivity index (χ1n) is 7.56. The number of sulfonamides is 1. The van der Waals surface area contributed by atoms with Crippen molar-refractivity contribution in [2.45, 2.75) is 37.3 Å². The van der Waals surface area contributed by atoms with Crippen LogP contribution in [0.1, 0.15) is 31.5 Å². The Hall–Kier alpha value is -1.52. The van der Waals surface area contributed by atoms with Gasteiger partial charge in [0, 0.05) is 38.8 Å². The van der Waals surface area contributed by atoms with Crippen molar-refractivity contribution >= 4 is 22.2 Å². The average molecular weight is 356 g/mol. The minimum Gasteiger partial charge on any atom is -0.339 e. The number of nitrogens with zero attached hydrogens (tertiary/aromatic N) is 5. The number of piperidine rings is 1. The molecular formula is C13H20N6O2S2. The fraction of sp³-hybridized carbons (Fsp3) is 0.615. The van der Waals surface area contributed by atoms with Crippen molar-refractivity contribution in [3.8, 4) is 0 Å². The smallest absolute Gasteiger partial charge is 0.262 e. The zero-order valence-electron chi connectivity index (χ0n) is 13.1. The van der Waals surface area contributed by atoms with E-state index in [1.54, 1.807) is 11.6 Å². The molecule has 126 valence electrons. The van der Waals surface area contributed by atoms with Gasteiger partial charge in [0.15, 0.2) is 9.80 Å². The number of hydrogen-bond donors (Lipinski definition) is 1. The second-order valence-corrected chi connectivity index (χ2v) is 7.96. The van der Waals surface area contributed by atoms with Crippen molar-refractivity contribution in [1.29, 1.82) is 0 Å². The summed E-state index contributed by atoms with van der Waals surface area (Å²) in [7, 11) is -1.76. The molecular weight excluding hydrogens is 336 g/mol. The minimum absolute atomic E-state index is 0.106. The summed E-state index contributed by atoms with van der Waals surface area (Å²) in [6, 6.07) is 0. The molecule has 0 unspecified atom stereocenters. The molecule has 0 spiro atoms. The van der Waals surface area contributed by atoms with E-state index in [1.165, 1.54) is 16.8 Å². The topological polar surface area (TPSA) is 88.8 Å². The van der Waals surface area contributed by atoms with E-state index in [4.69, 9.17) is 12.2 Å². The molecule has 3 rings (SSSR count). The fourth-order valence-corrected chi connectivity index (χ4v) is 4.66. The third-order valence-electron chi connectivity index (χ3n) is 4.21. The zero-order valence-corrected chi connectivity index (χ0v) is 14.8. The molecule has 3 heterocycles. The molecule has 8 nitrogen and oxygen atoms in total. The van der Waals surface area contributed by atoms with Gasteiger partial charge in [-0.05, 0) is 32.0 Å². The highest BCUT2D eigenvalue weighted by Gasteiger charge is 2.32. The Kier molecular flexibility index (Phi) is 4.39. The van der Waals surface area contributed by atoms with Crippen LogP contribution in [0.3, 0.4) is 0 Å². The number of hydrogen-bond acceptors (Lipinski definition) is 5. The van der Waals surface area contributed by atoms with Gasteiger partial charge in [-0.3, -0.25) is 5.10 Å². The highest BCUT2D eigenvalue weighted by molar-refractivity contribution is 7.89. The molecule has 0 saturated carbocycles. The van der Waals surface area contributed by atoms with Gasteiger partial charge >= 0.3 is 0 Å². The van der Waals surface area contributed by atoms with Gasteiger partial charge in [-0.15, -0.1) is 0 Å². The number of nitrogens with one attached hydrogen (secondary N) is 1. The molecule has 1 aliphatic heterocycles. The number of aromatic amines is 1. The molecule has 0 amide bonds. The maximum Gasteiger partial charge on any atom is 0.262 e. The summed E-state index contributed by atoms with van der Waals surface area (Å²) >= 11 is 5.22. The van der Waals surface area contributed by atoms with Crippen LogP contribution in [0.15, 0.2) is 17.6 Å². The summed E-state index contributed by atoms with van der Waals surface area (Å²) in [5.74, 6) is 1.14. The van der Waals surface area contributed by atoms with Gasteiger partial charge in [-0.1, -0.05) is 0 Å². The first-order valence-corrected chi connectivity index (χ1v) is 9.41. The Labute approximate surface area is 140 Å². The van der Waals surface area contributed by atoms with Crippen molar-refractivity contribution in [2.24, 2.45) is 7.05 Å². The van der Waals surface area contributed by atoms with Gasteiger partial charge in [-0.2, -0.15) is 9.40 Å². The second-order valence-electron chi connectivity index (χ2n) is 5.69. The number of imidazole rings is 1. The maximum atomic E-state index is 12.6. The number of aryl methyl sites for hydroxylation is 1. The van der Waals surface area contributed by atoms with Crippen LogP contribution in [-0.2, 0) is 23.6 Å². The molecule has 1 saturated heterocycles. The van der Waals surface area contributed by atoms with E-state index in [0.29, 0.717) is 17.9 Å². The molecule has 10 heteroatoms. The van der Waals surface area contributed by atoms with E-state index in [9.17, 15) is 8.42 Å². The Morgan fingerprint density at radius 2 is 2.09 bits per heavy atom. The SMILES string of the molecule is CCn1c(C2CCN(S(=O)(=O)c3cn(C)cn3)CC2)n[nH]c1=S. The van der Waals surface area contributed by atoms with Crippen molar-refractivity contribution in [1.82, 2.24) is 28.6 Å². The maximum absolute atomic E-state index is 12.6. The van der Waals surface area contributed by atoms with Gasteiger partial charge in [0.1, 0.15) is 5.82 Å². The van der Waals surface area contributed by atoms with Crippen LogP contribution in [0.2, 0.25) is 0 Å². The summed E-state index contributed by atoms with van der Waals surface area (Å²) in [6.45, 7) is 3.71. The predicted octanol–water partition coefficient (Wildman–Crippen LogP) is 1.26. The Bertz CT molecular complexity index is 842. The van der Waals surface area contributed by atoms with Crippen molar-refractivity contribution < 1.29 is 8.42 Å². The third kappa shape index (κ3) is 2.98. The van der Waals surface area contributed by atoms with E-state index in [-0.39, 0.29) is 10.9 Å². The molecule has 0 aliphatic carbocycles. The summed E-state index contributed by atoms with van der Waals surface area (Å²) in [6.07, 6.45) is 4.49. The Morgan fingerprint density at radius 3 is 2.65 bits per heavy atom. The summed E-state index contributed by atoms with van der Waals surface area (Å²) in [5, 5.41) is 7.25. The number of rotatable bonds is 4. The van der Waals surface area contributed by atoms with Crippen molar-refractivity contribution in [3.63, 3.8) is 0 Å². The van der Waals surface area contributed by atoms with Gasteiger partial charge in [0.2, 0.25) is 0 Å². The summed E-state index contributed by atoms with van der Waals surface area (Å²) in [4.78, 5) is 3.97. The lowest BCUT2D eigenvalue weighted by molar-refractivity contribution is 0.308. The molecule has 0 aromatic carbocycles.